The molecule has 3 rings (SSSR count). The summed E-state index contributed by atoms with van der Waals surface area (Å²) in [6, 6.07) is 12.2. The van der Waals surface area contributed by atoms with E-state index in [1.165, 1.54) is 22.4 Å². The van der Waals surface area contributed by atoms with Gasteiger partial charge >= 0.3 is 0 Å². The highest BCUT2D eigenvalue weighted by atomic mass is 16.3. The Kier molecular flexibility index (Phi) is 4.46. The standard InChI is InChI=1S/C20H25N2O/c1-14-12-15(2)20(16(3)13-14)21-17-8-10-22(11-9-17)18-4-6-19(23)7-5-18/h4-7,12-13,17,21H,8-11H2,1-3H3. The number of nitrogens with zero attached hydrogens (tertiary/aromatic N) is 1. The van der Waals surface area contributed by atoms with E-state index in [-0.39, 0.29) is 5.75 Å². The van der Waals surface area contributed by atoms with Crippen molar-refractivity contribution in [2.45, 2.75) is 39.7 Å². The van der Waals surface area contributed by atoms with Gasteiger partial charge in [-0.3, -0.25) is 5.11 Å². The molecule has 1 radical (unpaired) electrons. The van der Waals surface area contributed by atoms with Crippen molar-refractivity contribution in [2.75, 3.05) is 23.3 Å². The zero-order chi connectivity index (χ0) is 16.4. The van der Waals surface area contributed by atoms with Crippen LogP contribution in [0.5, 0.6) is 5.75 Å². The summed E-state index contributed by atoms with van der Waals surface area (Å²) >= 11 is 0. The highest BCUT2D eigenvalue weighted by molar-refractivity contribution is 5.59. The number of aryl methyl sites for hydroxylation is 3. The second-order valence-corrected chi connectivity index (χ2v) is 6.67. The molecule has 1 heterocycles. The van der Waals surface area contributed by atoms with Crippen LogP contribution in [0.2, 0.25) is 0 Å². The Labute approximate surface area is 139 Å². The second kappa shape index (κ2) is 6.53. The van der Waals surface area contributed by atoms with E-state index in [0.717, 1.165) is 31.6 Å². The summed E-state index contributed by atoms with van der Waals surface area (Å²) in [6.07, 6.45) is 2.23. The molecule has 0 atom stereocenters. The van der Waals surface area contributed by atoms with E-state index >= 15 is 0 Å². The topological polar surface area (TPSA) is 35.2 Å². The van der Waals surface area contributed by atoms with Crippen LogP contribution in [0.25, 0.3) is 0 Å². The average molecular weight is 309 g/mol. The van der Waals surface area contributed by atoms with Gasteiger partial charge in [0.15, 0.2) is 5.75 Å². The summed E-state index contributed by atoms with van der Waals surface area (Å²) in [4.78, 5) is 2.37. The van der Waals surface area contributed by atoms with E-state index in [9.17, 15) is 5.11 Å². The SMILES string of the molecule is Cc1cc(C)c(NC2CCN(c3ccc([O])cc3)CC2)c(C)c1. The van der Waals surface area contributed by atoms with Gasteiger partial charge in [-0.1, -0.05) is 17.7 Å². The molecule has 0 aromatic heterocycles. The van der Waals surface area contributed by atoms with Crippen molar-refractivity contribution < 1.29 is 5.11 Å². The van der Waals surface area contributed by atoms with Gasteiger partial charge < -0.3 is 10.2 Å². The van der Waals surface area contributed by atoms with Gasteiger partial charge in [0.25, 0.3) is 0 Å². The van der Waals surface area contributed by atoms with Crippen molar-refractivity contribution in [1.29, 1.82) is 0 Å². The van der Waals surface area contributed by atoms with Crippen LogP contribution in [0, 0.1) is 20.8 Å². The van der Waals surface area contributed by atoms with Gasteiger partial charge in [-0.2, -0.15) is 0 Å². The van der Waals surface area contributed by atoms with Crippen LogP contribution >= 0.6 is 0 Å². The molecule has 0 saturated carbocycles. The molecule has 0 unspecified atom stereocenters. The Morgan fingerprint density at radius 1 is 0.957 bits per heavy atom. The molecule has 23 heavy (non-hydrogen) atoms. The van der Waals surface area contributed by atoms with Crippen molar-refractivity contribution in [3.05, 3.63) is 53.1 Å². The van der Waals surface area contributed by atoms with Crippen molar-refractivity contribution >= 4 is 11.4 Å². The van der Waals surface area contributed by atoms with Gasteiger partial charge in [0.2, 0.25) is 0 Å². The maximum absolute atomic E-state index is 11.2. The lowest BCUT2D eigenvalue weighted by molar-refractivity contribution is 0.355. The predicted octanol–water partition coefficient (Wildman–Crippen LogP) is 4.84. The molecule has 121 valence electrons. The van der Waals surface area contributed by atoms with Crippen LogP contribution in [0.4, 0.5) is 11.4 Å². The Bertz CT molecular complexity index is 648. The van der Waals surface area contributed by atoms with Crippen LogP contribution in [0.3, 0.4) is 0 Å². The third kappa shape index (κ3) is 3.61. The van der Waals surface area contributed by atoms with Crippen LogP contribution in [0.1, 0.15) is 29.5 Å². The molecule has 1 fully saturated rings. The van der Waals surface area contributed by atoms with Crippen LogP contribution in [0.15, 0.2) is 36.4 Å². The third-order valence-electron chi connectivity index (χ3n) is 4.72. The molecule has 0 spiro atoms. The first-order valence-corrected chi connectivity index (χ1v) is 8.39. The molecule has 2 aromatic rings. The fraction of sp³-hybridized carbons (Fsp3) is 0.400. The monoisotopic (exact) mass is 309 g/mol. The molecule has 1 N–H and O–H groups in total. The van der Waals surface area contributed by atoms with Gasteiger partial charge in [-0.05, 0) is 69.0 Å². The smallest absolute Gasteiger partial charge is 0.178 e. The number of hydrogen-bond acceptors (Lipinski definition) is 2. The normalized spacial score (nSPS) is 15.7. The number of rotatable bonds is 3. The second-order valence-electron chi connectivity index (χ2n) is 6.67. The van der Waals surface area contributed by atoms with Crippen LogP contribution in [-0.2, 0) is 5.11 Å². The van der Waals surface area contributed by atoms with Gasteiger partial charge in [-0.25, -0.2) is 0 Å². The number of anilines is 2. The zero-order valence-electron chi connectivity index (χ0n) is 14.2. The Morgan fingerprint density at radius 3 is 2.09 bits per heavy atom. The Morgan fingerprint density at radius 2 is 1.52 bits per heavy atom. The van der Waals surface area contributed by atoms with Crippen molar-refractivity contribution in [3.8, 4) is 5.75 Å². The number of hydrogen-bond donors (Lipinski definition) is 1. The summed E-state index contributed by atoms with van der Waals surface area (Å²) in [6.45, 7) is 8.57. The van der Waals surface area contributed by atoms with Crippen molar-refractivity contribution in [2.24, 2.45) is 0 Å². The lowest BCUT2D eigenvalue weighted by atomic mass is 10.0. The van der Waals surface area contributed by atoms with Gasteiger partial charge in [-0.15, -0.1) is 0 Å². The van der Waals surface area contributed by atoms with Crippen molar-refractivity contribution in [3.63, 3.8) is 0 Å². The summed E-state index contributed by atoms with van der Waals surface area (Å²) in [5.74, 6) is 0.0793. The molecule has 1 saturated heterocycles. The first-order chi connectivity index (χ1) is 11.0. The molecule has 0 bridgehead atoms. The van der Waals surface area contributed by atoms with Gasteiger partial charge in [0, 0.05) is 30.5 Å². The van der Waals surface area contributed by atoms with Crippen LogP contribution < -0.4 is 10.2 Å². The summed E-state index contributed by atoms with van der Waals surface area (Å²) in [5, 5.41) is 15.0. The first kappa shape index (κ1) is 15.7. The van der Waals surface area contributed by atoms with E-state index < -0.39 is 0 Å². The summed E-state index contributed by atoms with van der Waals surface area (Å²) in [5.41, 5.74) is 6.43. The van der Waals surface area contributed by atoms with Gasteiger partial charge in [0.05, 0.1) is 0 Å². The molecular formula is C20H25N2O. The van der Waals surface area contributed by atoms with E-state index in [1.54, 1.807) is 12.1 Å². The van der Waals surface area contributed by atoms with Crippen LogP contribution in [-0.4, -0.2) is 19.1 Å². The van der Waals surface area contributed by atoms with Crippen molar-refractivity contribution in [1.82, 2.24) is 0 Å². The minimum absolute atomic E-state index is 0.0793. The predicted molar refractivity (Wildman–Crippen MR) is 96.1 cm³/mol. The maximum atomic E-state index is 11.2. The quantitative estimate of drug-likeness (QED) is 0.880. The fourth-order valence-corrected chi connectivity index (χ4v) is 3.55. The highest BCUT2D eigenvalue weighted by Gasteiger charge is 2.20. The molecule has 1 aliphatic rings. The number of nitrogens with one attached hydrogen (secondary N) is 1. The van der Waals surface area contributed by atoms with E-state index in [2.05, 4.69) is 43.1 Å². The molecule has 2 aromatic carbocycles. The maximum Gasteiger partial charge on any atom is 0.178 e. The average Bonchev–Trinajstić information content (AvgIpc) is 2.52. The number of piperidine rings is 1. The van der Waals surface area contributed by atoms with Gasteiger partial charge in [0.1, 0.15) is 0 Å². The minimum Gasteiger partial charge on any atom is -0.382 e. The number of benzene rings is 2. The zero-order valence-corrected chi connectivity index (χ0v) is 14.2. The molecule has 3 nitrogen and oxygen atoms in total. The summed E-state index contributed by atoms with van der Waals surface area (Å²) in [7, 11) is 0. The molecule has 0 amide bonds. The Balaban J connectivity index is 1.62. The summed E-state index contributed by atoms with van der Waals surface area (Å²) < 4.78 is 0. The largest absolute Gasteiger partial charge is 0.382 e. The third-order valence-corrected chi connectivity index (χ3v) is 4.72. The molecular weight excluding hydrogens is 284 g/mol. The molecule has 0 aliphatic carbocycles. The lowest BCUT2D eigenvalue weighted by Crippen LogP contribution is -2.39. The minimum atomic E-state index is 0.0793. The van der Waals surface area contributed by atoms with E-state index in [0.29, 0.717) is 6.04 Å². The lowest BCUT2D eigenvalue weighted by Gasteiger charge is -2.35. The molecule has 3 heteroatoms. The van der Waals surface area contributed by atoms with E-state index in [1.807, 2.05) is 12.1 Å². The molecule has 1 aliphatic heterocycles. The Hall–Kier alpha value is -2.16. The highest BCUT2D eigenvalue weighted by Crippen LogP contribution is 2.27. The first-order valence-electron chi connectivity index (χ1n) is 8.39. The fourth-order valence-electron chi connectivity index (χ4n) is 3.55. The van der Waals surface area contributed by atoms with E-state index in [4.69, 9.17) is 0 Å².